The fourth-order valence-electron chi connectivity index (χ4n) is 2.84. The molecule has 1 unspecified atom stereocenters. The maximum absolute atomic E-state index is 11.9. The maximum atomic E-state index is 11.9. The summed E-state index contributed by atoms with van der Waals surface area (Å²) in [6.45, 7) is 12.1. The van der Waals surface area contributed by atoms with E-state index < -0.39 is 5.60 Å². The Hall–Kier alpha value is -0.910. The number of hydrogen-bond donors (Lipinski definition) is 0. The quantitative estimate of drug-likeness (QED) is 0.746. The number of piperazine rings is 1. The molecule has 1 aliphatic rings. The number of carbonyl (C=O) groups is 1. The van der Waals surface area contributed by atoms with Gasteiger partial charge in [-0.2, -0.15) is 0 Å². The SMILES string of the molecule is CC(c1cccc(Br)c1)N1CCN(CC(=O)OC(C)(C)C)CC1. The van der Waals surface area contributed by atoms with Crippen LogP contribution in [-0.4, -0.2) is 54.1 Å². The first-order valence-corrected chi connectivity index (χ1v) is 8.97. The molecule has 1 aliphatic heterocycles. The molecule has 0 bridgehead atoms. The normalized spacial score (nSPS) is 18.7. The first kappa shape index (κ1) is 18.4. The predicted octanol–water partition coefficient (Wildman–Crippen LogP) is 3.47. The van der Waals surface area contributed by atoms with E-state index in [1.807, 2.05) is 20.8 Å². The van der Waals surface area contributed by atoms with Crippen molar-refractivity contribution in [1.29, 1.82) is 0 Å². The van der Waals surface area contributed by atoms with Crippen LogP contribution in [0.1, 0.15) is 39.3 Å². The molecule has 1 fully saturated rings. The van der Waals surface area contributed by atoms with Gasteiger partial charge in [0.1, 0.15) is 5.60 Å². The molecular weight excluding hydrogens is 356 g/mol. The van der Waals surface area contributed by atoms with Crippen LogP contribution in [0.15, 0.2) is 28.7 Å². The van der Waals surface area contributed by atoms with Gasteiger partial charge < -0.3 is 4.74 Å². The lowest BCUT2D eigenvalue weighted by atomic mass is 10.1. The van der Waals surface area contributed by atoms with Gasteiger partial charge in [-0.3, -0.25) is 14.6 Å². The highest BCUT2D eigenvalue weighted by Crippen LogP contribution is 2.24. The van der Waals surface area contributed by atoms with E-state index in [0.29, 0.717) is 12.6 Å². The van der Waals surface area contributed by atoms with E-state index in [1.165, 1.54) is 5.56 Å². The second-order valence-electron chi connectivity index (χ2n) is 7.13. The Balaban J connectivity index is 1.83. The third-order valence-corrected chi connectivity index (χ3v) is 4.55. The Labute approximate surface area is 147 Å². The minimum atomic E-state index is -0.409. The zero-order valence-corrected chi connectivity index (χ0v) is 16.1. The lowest BCUT2D eigenvalue weighted by Crippen LogP contribution is -2.49. The monoisotopic (exact) mass is 382 g/mol. The number of carbonyl (C=O) groups excluding carboxylic acids is 1. The molecule has 0 spiro atoms. The van der Waals surface area contributed by atoms with Crippen LogP contribution >= 0.6 is 15.9 Å². The standard InChI is InChI=1S/C18H27BrN2O2/c1-14(15-6-5-7-16(19)12-15)21-10-8-20(9-11-21)13-17(22)23-18(2,3)4/h5-7,12,14H,8-11,13H2,1-4H3. The molecule has 5 heteroatoms. The topological polar surface area (TPSA) is 32.8 Å². The van der Waals surface area contributed by atoms with Crippen LogP contribution in [0.2, 0.25) is 0 Å². The zero-order chi connectivity index (χ0) is 17.0. The second kappa shape index (κ2) is 7.77. The van der Waals surface area contributed by atoms with Gasteiger partial charge in [-0.05, 0) is 45.4 Å². The van der Waals surface area contributed by atoms with Gasteiger partial charge in [-0.15, -0.1) is 0 Å². The third-order valence-electron chi connectivity index (χ3n) is 4.06. The summed E-state index contributed by atoms with van der Waals surface area (Å²) in [5, 5.41) is 0. The number of benzene rings is 1. The van der Waals surface area contributed by atoms with E-state index in [2.05, 4.69) is 56.9 Å². The summed E-state index contributed by atoms with van der Waals surface area (Å²) >= 11 is 3.54. The molecule has 0 N–H and O–H groups in total. The van der Waals surface area contributed by atoms with E-state index in [1.54, 1.807) is 0 Å². The van der Waals surface area contributed by atoms with Crippen molar-refractivity contribution in [3.63, 3.8) is 0 Å². The molecule has 23 heavy (non-hydrogen) atoms. The maximum Gasteiger partial charge on any atom is 0.320 e. The van der Waals surface area contributed by atoms with Gasteiger partial charge in [-0.1, -0.05) is 28.1 Å². The van der Waals surface area contributed by atoms with E-state index in [9.17, 15) is 4.79 Å². The van der Waals surface area contributed by atoms with Gasteiger partial charge in [0.15, 0.2) is 0 Å². The molecule has 1 aromatic carbocycles. The van der Waals surface area contributed by atoms with Crippen LogP contribution in [-0.2, 0) is 9.53 Å². The molecule has 0 amide bonds. The smallest absolute Gasteiger partial charge is 0.320 e. The highest BCUT2D eigenvalue weighted by molar-refractivity contribution is 9.10. The van der Waals surface area contributed by atoms with Crippen molar-refractivity contribution in [3.8, 4) is 0 Å². The molecule has 128 valence electrons. The van der Waals surface area contributed by atoms with E-state index in [4.69, 9.17) is 4.74 Å². The number of halogens is 1. The number of rotatable bonds is 4. The Bertz CT molecular complexity index is 534. The minimum absolute atomic E-state index is 0.133. The first-order valence-electron chi connectivity index (χ1n) is 8.18. The summed E-state index contributed by atoms with van der Waals surface area (Å²) < 4.78 is 6.51. The van der Waals surface area contributed by atoms with Crippen LogP contribution < -0.4 is 0 Å². The molecule has 1 aromatic rings. The number of esters is 1. The van der Waals surface area contributed by atoms with Crippen molar-refractivity contribution in [3.05, 3.63) is 34.3 Å². The molecule has 2 rings (SSSR count). The summed E-state index contributed by atoms with van der Waals surface area (Å²) in [6.07, 6.45) is 0. The highest BCUT2D eigenvalue weighted by Gasteiger charge is 2.25. The molecule has 1 heterocycles. The lowest BCUT2D eigenvalue weighted by Gasteiger charge is -2.38. The van der Waals surface area contributed by atoms with Gasteiger partial charge in [0.25, 0.3) is 0 Å². The Morgan fingerprint density at radius 3 is 2.48 bits per heavy atom. The number of ether oxygens (including phenoxy) is 1. The molecule has 0 aromatic heterocycles. The summed E-state index contributed by atoms with van der Waals surface area (Å²) in [5.74, 6) is -0.133. The van der Waals surface area contributed by atoms with Gasteiger partial charge in [0.05, 0.1) is 6.54 Å². The van der Waals surface area contributed by atoms with Crippen LogP contribution in [0.25, 0.3) is 0 Å². The fraction of sp³-hybridized carbons (Fsp3) is 0.611. The van der Waals surface area contributed by atoms with Gasteiger partial charge in [0, 0.05) is 36.7 Å². The summed E-state index contributed by atoms with van der Waals surface area (Å²) in [4.78, 5) is 16.6. The van der Waals surface area contributed by atoms with Gasteiger partial charge in [0.2, 0.25) is 0 Å². The van der Waals surface area contributed by atoms with Crippen LogP contribution in [0.4, 0.5) is 0 Å². The minimum Gasteiger partial charge on any atom is -0.459 e. The molecule has 0 saturated carbocycles. The number of nitrogens with zero attached hydrogens (tertiary/aromatic N) is 2. The average Bonchev–Trinajstić information content (AvgIpc) is 2.45. The van der Waals surface area contributed by atoms with Crippen molar-refractivity contribution in [2.75, 3.05) is 32.7 Å². The molecular formula is C18H27BrN2O2. The Morgan fingerprint density at radius 2 is 1.91 bits per heavy atom. The largest absolute Gasteiger partial charge is 0.459 e. The third kappa shape index (κ3) is 5.90. The Morgan fingerprint density at radius 1 is 1.26 bits per heavy atom. The molecule has 4 nitrogen and oxygen atoms in total. The van der Waals surface area contributed by atoms with Crippen molar-refractivity contribution in [2.45, 2.75) is 39.3 Å². The fourth-order valence-corrected chi connectivity index (χ4v) is 3.26. The predicted molar refractivity (Wildman–Crippen MR) is 96.4 cm³/mol. The van der Waals surface area contributed by atoms with Gasteiger partial charge in [-0.25, -0.2) is 0 Å². The van der Waals surface area contributed by atoms with Crippen LogP contribution in [0.3, 0.4) is 0 Å². The van der Waals surface area contributed by atoms with Crippen LogP contribution in [0, 0.1) is 0 Å². The van der Waals surface area contributed by atoms with E-state index >= 15 is 0 Å². The van der Waals surface area contributed by atoms with E-state index in [-0.39, 0.29) is 5.97 Å². The molecule has 0 aliphatic carbocycles. The number of hydrogen-bond acceptors (Lipinski definition) is 4. The van der Waals surface area contributed by atoms with E-state index in [0.717, 1.165) is 30.7 Å². The summed E-state index contributed by atoms with van der Waals surface area (Å²) in [7, 11) is 0. The molecule has 1 atom stereocenters. The van der Waals surface area contributed by atoms with Crippen molar-refractivity contribution < 1.29 is 9.53 Å². The summed E-state index contributed by atoms with van der Waals surface area (Å²) in [5.41, 5.74) is 0.911. The molecule has 1 saturated heterocycles. The molecule has 0 radical (unpaired) electrons. The van der Waals surface area contributed by atoms with Crippen LogP contribution in [0.5, 0.6) is 0 Å². The van der Waals surface area contributed by atoms with Gasteiger partial charge >= 0.3 is 5.97 Å². The summed E-state index contributed by atoms with van der Waals surface area (Å²) in [6, 6.07) is 8.86. The second-order valence-corrected chi connectivity index (χ2v) is 8.05. The first-order chi connectivity index (χ1) is 10.7. The average molecular weight is 383 g/mol. The van der Waals surface area contributed by atoms with Crippen molar-refractivity contribution >= 4 is 21.9 Å². The highest BCUT2D eigenvalue weighted by atomic mass is 79.9. The Kier molecular flexibility index (Phi) is 6.23. The lowest BCUT2D eigenvalue weighted by molar-refractivity contribution is -0.156. The van der Waals surface area contributed by atoms with Crippen molar-refractivity contribution in [1.82, 2.24) is 9.80 Å². The zero-order valence-electron chi connectivity index (χ0n) is 14.5. The van der Waals surface area contributed by atoms with Crippen molar-refractivity contribution in [2.24, 2.45) is 0 Å².